The molecular formula is C10H19N3. The summed E-state index contributed by atoms with van der Waals surface area (Å²) in [6.07, 6.45) is 2.09. The molecule has 0 bridgehead atoms. The Labute approximate surface area is 79.9 Å². The molecule has 2 N–H and O–H groups in total. The Morgan fingerprint density at radius 3 is 2.54 bits per heavy atom. The van der Waals surface area contributed by atoms with Crippen molar-refractivity contribution in [1.82, 2.24) is 9.78 Å². The highest BCUT2D eigenvalue weighted by Crippen LogP contribution is 2.25. The van der Waals surface area contributed by atoms with Crippen LogP contribution in [0, 0.1) is 12.8 Å². The Morgan fingerprint density at radius 2 is 2.15 bits per heavy atom. The van der Waals surface area contributed by atoms with Gasteiger partial charge in [-0.05, 0) is 30.9 Å². The van der Waals surface area contributed by atoms with E-state index in [9.17, 15) is 0 Å². The normalized spacial score (nSPS) is 15.8. The Kier molecular flexibility index (Phi) is 3.09. The van der Waals surface area contributed by atoms with Gasteiger partial charge in [0, 0.05) is 13.2 Å². The first-order valence-electron chi connectivity index (χ1n) is 4.76. The smallest absolute Gasteiger partial charge is 0.0628 e. The van der Waals surface area contributed by atoms with Crippen LogP contribution in [0.4, 0.5) is 0 Å². The average Bonchev–Trinajstić information content (AvgIpc) is 2.42. The molecule has 0 spiro atoms. The molecule has 2 unspecified atom stereocenters. The summed E-state index contributed by atoms with van der Waals surface area (Å²) in [5, 5.41) is 4.32. The summed E-state index contributed by atoms with van der Waals surface area (Å²) in [6, 6.07) is 0. The van der Waals surface area contributed by atoms with Crippen LogP contribution in [-0.2, 0) is 7.05 Å². The number of nitrogens with two attached hydrogens (primary N) is 1. The minimum Gasteiger partial charge on any atom is -0.330 e. The largest absolute Gasteiger partial charge is 0.330 e. The van der Waals surface area contributed by atoms with Crippen molar-refractivity contribution in [1.29, 1.82) is 0 Å². The summed E-state index contributed by atoms with van der Waals surface area (Å²) < 4.78 is 1.87. The Hall–Kier alpha value is -0.830. The van der Waals surface area contributed by atoms with Gasteiger partial charge in [-0.25, -0.2) is 0 Å². The van der Waals surface area contributed by atoms with Gasteiger partial charge in [-0.1, -0.05) is 13.8 Å². The Balaban J connectivity index is 2.87. The van der Waals surface area contributed by atoms with Crippen molar-refractivity contribution < 1.29 is 0 Å². The molecule has 0 aliphatic heterocycles. The van der Waals surface area contributed by atoms with Crippen LogP contribution in [0.1, 0.15) is 31.0 Å². The monoisotopic (exact) mass is 181 g/mol. The van der Waals surface area contributed by atoms with Gasteiger partial charge in [0.05, 0.1) is 5.69 Å². The number of rotatable bonds is 3. The van der Waals surface area contributed by atoms with E-state index in [1.807, 2.05) is 11.7 Å². The molecule has 3 nitrogen and oxygen atoms in total. The molecule has 74 valence electrons. The van der Waals surface area contributed by atoms with Crippen LogP contribution in [0.2, 0.25) is 0 Å². The van der Waals surface area contributed by atoms with E-state index in [4.69, 9.17) is 5.73 Å². The zero-order chi connectivity index (χ0) is 10.0. The van der Waals surface area contributed by atoms with Crippen LogP contribution >= 0.6 is 0 Å². The van der Waals surface area contributed by atoms with Gasteiger partial charge in [0.25, 0.3) is 0 Å². The van der Waals surface area contributed by atoms with Crippen LogP contribution < -0.4 is 5.73 Å². The first-order chi connectivity index (χ1) is 6.06. The summed E-state index contributed by atoms with van der Waals surface area (Å²) in [5.74, 6) is 1.02. The molecule has 1 aromatic rings. The fourth-order valence-electron chi connectivity index (χ4n) is 1.58. The Morgan fingerprint density at radius 1 is 1.54 bits per heavy atom. The van der Waals surface area contributed by atoms with E-state index in [0.29, 0.717) is 11.8 Å². The lowest BCUT2D eigenvalue weighted by Crippen LogP contribution is -2.17. The molecule has 1 aromatic heterocycles. The maximum absolute atomic E-state index is 5.64. The molecule has 2 atom stereocenters. The molecular weight excluding hydrogens is 162 g/mol. The lowest BCUT2D eigenvalue weighted by molar-refractivity contribution is 0.497. The fraction of sp³-hybridized carbons (Fsp3) is 0.700. The lowest BCUT2D eigenvalue weighted by atomic mass is 9.89. The molecule has 1 heterocycles. The third kappa shape index (κ3) is 2.10. The molecule has 0 aromatic carbocycles. The molecule has 0 fully saturated rings. The topological polar surface area (TPSA) is 43.8 Å². The maximum atomic E-state index is 5.64. The summed E-state index contributed by atoms with van der Waals surface area (Å²) in [4.78, 5) is 0. The van der Waals surface area contributed by atoms with Crippen molar-refractivity contribution in [2.45, 2.75) is 26.7 Å². The van der Waals surface area contributed by atoms with Gasteiger partial charge < -0.3 is 5.73 Å². The predicted molar refractivity (Wildman–Crippen MR) is 54.6 cm³/mol. The zero-order valence-corrected chi connectivity index (χ0v) is 8.91. The molecule has 1 rings (SSSR count). The molecule has 13 heavy (non-hydrogen) atoms. The van der Waals surface area contributed by atoms with E-state index in [1.54, 1.807) is 0 Å². The van der Waals surface area contributed by atoms with Crippen LogP contribution in [-0.4, -0.2) is 16.3 Å². The second-order valence-electron chi connectivity index (χ2n) is 3.85. The molecule has 0 amide bonds. The number of hydrogen-bond acceptors (Lipinski definition) is 2. The van der Waals surface area contributed by atoms with Crippen molar-refractivity contribution >= 4 is 0 Å². The van der Waals surface area contributed by atoms with Crippen LogP contribution in [0.5, 0.6) is 0 Å². The summed E-state index contributed by atoms with van der Waals surface area (Å²) in [7, 11) is 1.95. The molecule has 0 aliphatic carbocycles. The van der Waals surface area contributed by atoms with Gasteiger partial charge >= 0.3 is 0 Å². The van der Waals surface area contributed by atoms with Crippen molar-refractivity contribution in [2.75, 3.05) is 6.54 Å². The summed E-state index contributed by atoms with van der Waals surface area (Å²) in [6.45, 7) is 7.17. The summed E-state index contributed by atoms with van der Waals surface area (Å²) >= 11 is 0. The lowest BCUT2D eigenvalue weighted by Gasteiger charge is -2.17. The van der Waals surface area contributed by atoms with E-state index in [2.05, 4.69) is 32.1 Å². The van der Waals surface area contributed by atoms with Gasteiger partial charge in [0.1, 0.15) is 0 Å². The number of hydrogen-bond donors (Lipinski definition) is 1. The predicted octanol–water partition coefficient (Wildman–Crippen LogP) is 1.43. The van der Waals surface area contributed by atoms with Gasteiger partial charge in [0.2, 0.25) is 0 Å². The highest BCUT2D eigenvalue weighted by molar-refractivity contribution is 5.20. The number of nitrogens with zero attached hydrogens (tertiary/aromatic N) is 2. The molecule has 0 saturated heterocycles. The minimum atomic E-state index is 0.499. The van der Waals surface area contributed by atoms with Crippen molar-refractivity contribution in [2.24, 2.45) is 18.7 Å². The van der Waals surface area contributed by atoms with Crippen LogP contribution in [0.25, 0.3) is 0 Å². The van der Waals surface area contributed by atoms with Gasteiger partial charge in [0.15, 0.2) is 0 Å². The van der Waals surface area contributed by atoms with Crippen molar-refractivity contribution in [3.8, 4) is 0 Å². The Bertz CT molecular complexity index is 278. The molecule has 0 radical (unpaired) electrons. The average molecular weight is 181 g/mol. The number of aryl methyl sites for hydroxylation is 2. The van der Waals surface area contributed by atoms with Crippen LogP contribution in [0.15, 0.2) is 6.20 Å². The van der Waals surface area contributed by atoms with Gasteiger partial charge in [-0.3, -0.25) is 4.68 Å². The fourth-order valence-corrected chi connectivity index (χ4v) is 1.58. The quantitative estimate of drug-likeness (QED) is 0.766. The van der Waals surface area contributed by atoms with E-state index in [1.165, 1.54) is 5.56 Å². The second-order valence-corrected chi connectivity index (χ2v) is 3.85. The van der Waals surface area contributed by atoms with E-state index in [0.717, 1.165) is 12.2 Å². The van der Waals surface area contributed by atoms with E-state index in [-0.39, 0.29) is 0 Å². The zero-order valence-electron chi connectivity index (χ0n) is 8.91. The van der Waals surface area contributed by atoms with Crippen molar-refractivity contribution in [3.05, 3.63) is 17.5 Å². The first-order valence-corrected chi connectivity index (χ1v) is 4.76. The number of aromatic nitrogens is 2. The van der Waals surface area contributed by atoms with Crippen LogP contribution in [0.3, 0.4) is 0 Å². The van der Waals surface area contributed by atoms with Crippen molar-refractivity contribution in [3.63, 3.8) is 0 Å². The highest BCUT2D eigenvalue weighted by Gasteiger charge is 2.16. The van der Waals surface area contributed by atoms with E-state index < -0.39 is 0 Å². The standard InChI is InChI=1S/C10H19N3/c1-7(5-11)8(2)10-6-13(4)12-9(10)3/h6-8H,5,11H2,1-4H3. The second kappa shape index (κ2) is 3.92. The third-order valence-electron chi connectivity index (χ3n) is 2.77. The van der Waals surface area contributed by atoms with Gasteiger partial charge in [-0.2, -0.15) is 5.10 Å². The minimum absolute atomic E-state index is 0.499. The molecule has 0 saturated carbocycles. The first kappa shape index (κ1) is 10.3. The maximum Gasteiger partial charge on any atom is 0.0628 e. The SMILES string of the molecule is Cc1nn(C)cc1C(C)C(C)CN. The molecule has 3 heteroatoms. The third-order valence-corrected chi connectivity index (χ3v) is 2.77. The molecule has 0 aliphatic rings. The van der Waals surface area contributed by atoms with Gasteiger partial charge in [-0.15, -0.1) is 0 Å². The highest BCUT2D eigenvalue weighted by atomic mass is 15.2. The van der Waals surface area contributed by atoms with E-state index >= 15 is 0 Å². The summed E-state index contributed by atoms with van der Waals surface area (Å²) in [5.41, 5.74) is 8.08.